The number of esters is 1. The number of hydrogen-bond acceptors (Lipinski definition) is 14. The molecule has 7 heterocycles. The van der Waals surface area contributed by atoms with Gasteiger partial charge in [0.25, 0.3) is 0 Å². The van der Waals surface area contributed by atoms with Crippen LogP contribution in [0.4, 0.5) is 0 Å². The van der Waals surface area contributed by atoms with Gasteiger partial charge in [0.15, 0.2) is 46.1 Å². The van der Waals surface area contributed by atoms with E-state index < -0.39 is 58.4 Å². The summed E-state index contributed by atoms with van der Waals surface area (Å²) in [5.41, 5.74) is 3.20. The lowest BCUT2D eigenvalue weighted by atomic mass is 9.72. The molecule has 2 unspecified atom stereocenters. The second-order valence-electron chi connectivity index (χ2n) is 14.7. The van der Waals surface area contributed by atoms with Crippen molar-refractivity contribution in [2.45, 2.75) is 67.9 Å². The molecule has 0 amide bonds. The summed E-state index contributed by atoms with van der Waals surface area (Å²) in [4.78, 5) is 16.5. The van der Waals surface area contributed by atoms with Gasteiger partial charge >= 0.3 is 5.97 Å². The van der Waals surface area contributed by atoms with Gasteiger partial charge in [0, 0.05) is 29.0 Å². The second kappa shape index (κ2) is 11.4. The zero-order chi connectivity index (χ0) is 36.6. The van der Waals surface area contributed by atoms with Gasteiger partial charge in [-0.1, -0.05) is 6.07 Å². The highest BCUT2D eigenvalue weighted by atomic mass is 32.2. The van der Waals surface area contributed by atoms with E-state index in [4.69, 9.17) is 23.7 Å². The number of aromatic hydroxyl groups is 3. The monoisotopic (exact) mass is 735 g/mol. The number of carbonyl (C=O) groups is 1. The third-order valence-corrected chi connectivity index (χ3v) is 13.9. The summed E-state index contributed by atoms with van der Waals surface area (Å²) in [5, 5.41) is 65.9. The molecular formula is C37H41N3O11S. The van der Waals surface area contributed by atoms with Gasteiger partial charge in [0.1, 0.15) is 18.4 Å². The van der Waals surface area contributed by atoms with E-state index in [1.807, 2.05) is 24.9 Å². The Balaban J connectivity index is 1.32. The van der Waals surface area contributed by atoms with Crippen molar-refractivity contribution in [2.75, 3.05) is 47.0 Å². The molecule has 2 fully saturated rings. The number of phenolic OH excluding ortho intramolecular Hbond substituents is 3. The van der Waals surface area contributed by atoms with Crippen LogP contribution in [0.1, 0.15) is 61.8 Å². The minimum Gasteiger partial charge on any atom is -0.630 e. The first kappa shape index (κ1) is 33.7. The number of quaternary nitrogens is 1. The number of nitrogens with one attached hydrogen (secondary N) is 1. The van der Waals surface area contributed by atoms with Gasteiger partial charge in [-0.2, -0.15) is 0 Å². The molecule has 7 aliphatic heterocycles. The molecule has 0 aliphatic carbocycles. The number of aliphatic hydroxyl groups is 1. The van der Waals surface area contributed by atoms with Crippen molar-refractivity contribution in [1.82, 2.24) is 10.2 Å². The predicted octanol–water partition coefficient (Wildman–Crippen LogP) is 3.21. The van der Waals surface area contributed by atoms with Crippen LogP contribution in [0.5, 0.6) is 40.2 Å². The van der Waals surface area contributed by atoms with E-state index in [-0.39, 0.29) is 47.7 Å². The summed E-state index contributed by atoms with van der Waals surface area (Å²) >= 11 is 1.30. The molecular weight excluding hydrogens is 694 g/mol. The van der Waals surface area contributed by atoms with Gasteiger partial charge in [-0.25, -0.2) is 4.79 Å². The average molecular weight is 736 g/mol. The Kier molecular flexibility index (Phi) is 7.41. The van der Waals surface area contributed by atoms with Crippen LogP contribution in [0, 0.1) is 19.1 Å². The lowest BCUT2D eigenvalue weighted by molar-refractivity contribution is -0.991. The highest BCUT2D eigenvalue weighted by Gasteiger charge is 2.67. The van der Waals surface area contributed by atoms with E-state index in [0.29, 0.717) is 52.3 Å². The first-order valence-corrected chi connectivity index (χ1v) is 18.4. The number of phenols is 3. The number of rotatable bonds is 2. The van der Waals surface area contributed by atoms with Gasteiger partial charge in [-0.3, -0.25) is 10.2 Å². The van der Waals surface area contributed by atoms with E-state index in [9.17, 15) is 25.2 Å². The fourth-order valence-corrected chi connectivity index (χ4v) is 11.7. The minimum absolute atomic E-state index is 0.0387. The van der Waals surface area contributed by atoms with Crippen LogP contribution in [0.15, 0.2) is 18.2 Å². The zero-order valence-corrected chi connectivity index (χ0v) is 30.2. The number of ether oxygens (including phenoxy) is 5. The van der Waals surface area contributed by atoms with Crippen molar-refractivity contribution in [3.8, 4) is 40.2 Å². The number of methoxy groups -OCH3 is 2. The summed E-state index contributed by atoms with van der Waals surface area (Å²) in [6.45, 7) is 3.39. The van der Waals surface area contributed by atoms with Crippen LogP contribution in [0.3, 0.4) is 0 Å². The molecule has 0 aromatic heterocycles. The molecule has 1 spiro atoms. The Hall–Kier alpha value is -4.12. The van der Waals surface area contributed by atoms with Gasteiger partial charge < -0.3 is 54.0 Å². The molecule has 5 N–H and O–H groups in total. The van der Waals surface area contributed by atoms with Gasteiger partial charge in [-0.05, 0) is 68.1 Å². The van der Waals surface area contributed by atoms with Crippen molar-refractivity contribution in [3.63, 3.8) is 0 Å². The van der Waals surface area contributed by atoms with Gasteiger partial charge in [0.2, 0.25) is 13.0 Å². The SMILES string of the molecule is COc1cc2c(cc1O)CCN[C@]21CSC2c3c(O)c(C)c4c(c3[C@H](COC1=O)[N@@+]1([O-])C2[C@H]2c3c(cc(C)c(OC)c3O)C[C@@H]([C@@H]1O)N2C)OCO4. The first-order chi connectivity index (χ1) is 24.9. The van der Waals surface area contributed by atoms with Crippen LogP contribution in [0.2, 0.25) is 0 Å². The molecule has 3 aromatic carbocycles. The lowest BCUT2D eigenvalue weighted by Crippen LogP contribution is -2.77. The molecule has 52 heavy (non-hydrogen) atoms. The number of thioether (sulfide) groups is 1. The molecule has 2 saturated heterocycles. The molecule has 0 saturated carbocycles. The second-order valence-corrected chi connectivity index (χ2v) is 15.8. The van der Waals surface area contributed by atoms with E-state index in [1.165, 1.54) is 26.0 Å². The molecule has 3 aromatic rings. The number of fused-ring (bicyclic) bond motifs is 9. The normalized spacial score (nSPS) is 32.7. The van der Waals surface area contributed by atoms with Gasteiger partial charge in [0.05, 0.1) is 37.1 Å². The fourth-order valence-electron chi connectivity index (χ4n) is 10.0. The number of carbonyl (C=O) groups excluding carboxylic acids is 1. The average Bonchev–Trinajstić information content (AvgIpc) is 3.61. The predicted molar refractivity (Wildman–Crippen MR) is 187 cm³/mol. The number of hydrogen-bond donors (Lipinski definition) is 5. The van der Waals surface area contributed by atoms with Crippen molar-refractivity contribution >= 4 is 17.7 Å². The Morgan fingerprint density at radius 2 is 1.79 bits per heavy atom. The van der Waals surface area contributed by atoms with Crippen molar-refractivity contribution in [3.05, 3.63) is 67.9 Å². The molecule has 276 valence electrons. The van der Waals surface area contributed by atoms with Crippen molar-refractivity contribution < 1.29 is 53.6 Å². The van der Waals surface area contributed by atoms with Crippen LogP contribution in [-0.2, 0) is 27.9 Å². The first-order valence-electron chi connectivity index (χ1n) is 17.4. The number of nitrogens with zero attached hydrogens (tertiary/aromatic N) is 2. The summed E-state index contributed by atoms with van der Waals surface area (Å²) in [6, 6.07) is 1.50. The maximum absolute atomic E-state index is 16.2. The smallest absolute Gasteiger partial charge is 0.332 e. The molecule has 15 heteroatoms. The van der Waals surface area contributed by atoms with Crippen molar-refractivity contribution in [1.29, 1.82) is 0 Å². The minimum atomic E-state index is -1.51. The molecule has 0 radical (unpaired) electrons. The molecule has 7 aliphatic rings. The Morgan fingerprint density at radius 3 is 2.54 bits per heavy atom. The quantitative estimate of drug-likeness (QED) is 0.147. The third kappa shape index (κ3) is 4.11. The number of aliphatic hydroxyl groups excluding tert-OH is 1. The number of aryl methyl sites for hydroxylation is 1. The standard InChI is InChI=1S/C37H41N3O11S/c1-15-8-18-9-20-35(44)40(46)21-12-49-36(45)37(19-11-23(47-4)22(41)10-17(19)6-7-38-37)13-52-34(26-25(21)33-32(50-14-51-33)16(2)29(26)42)28(40)27(39(20)3)24(18)30(43)31(15)48-5/h8,10-11,20-21,27-28,34-35,38,41-44H,6-7,9,12-14H2,1-5H3/t20-,21-,27+,28?,34?,35-,37+,40+/m0/s1. The zero-order valence-electron chi connectivity index (χ0n) is 29.4. The Labute approximate surface area is 304 Å². The lowest BCUT2D eigenvalue weighted by Gasteiger charge is -2.69. The van der Waals surface area contributed by atoms with E-state index in [0.717, 1.165) is 16.7 Å². The summed E-state index contributed by atoms with van der Waals surface area (Å²) in [5.74, 6) is 0.313. The summed E-state index contributed by atoms with van der Waals surface area (Å²) in [7, 11) is 4.77. The maximum Gasteiger partial charge on any atom is 0.332 e. The van der Waals surface area contributed by atoms with E-state index in [1.54, 1.807) is 19.1 Å². The van der Waals surface area contributed by atoms with Gasteiger partial charge in [-0.15, -0.1) is 11.8 Å². The fraction of sp³-hybridized carbons (Fsp3) is 0.486. The Morgan fingerprint density at radius 1 is 1.02 bits per heavy atom. The molecule has 10 rings (SSSR count). The number of piperazine rings is 1. The summed E-state index contributed by atoms with van der Waals surface area (Å²) < 4.78 is 28.0. The topological polar surface area (TPSA) is 182 Å². The van der Waals surface area contributed by atoms with Crippen LogP contribution in [-0.4, -0.2) is 101 Å². The number of benzene rings is 3. The van der Waals surface area contributed by atoms with Crippen molar-refractivity contribution in [2.24, 2.45) is 0 Å². The Bertz CT molecular complexity index is 2060. The van der Waals surface area contributed by atoms with Crippen LogP contribution < -0.4 is 24.3 Å². The highest BCUT2D eigenvalue weighted by Crippen LogP contribution is 2.66. The molecule has 4 bridgehead atoms. The largest absolute Gasteiger partial charge is 0.630 e. The molecule has 14 nitrogen and oxygen atoms in total. The van der Waals surface area contributed by atoms with E-state index >= 15 is 5.21 Å². The van der Waals surface area contributed by atoms with E-state index in [2.05, 4.69) is 5.32 Å². The number of likely N-dealkylation sites (N-methyl/N-ethyl adjacent to an activating group) is 1. The van der Waals surface area contributed by atoms with Crippen LogP contribution in [0.25, 0.3) is 0 Å². The summed E-state index contributed by atoms with van der Waals surface area (Å²) in [6.07, 6.45) is -0.700. The maximum atomic E-state index is 16.2. The number of hydroxylamine groups is 3. The highest BCUT2D eigenvalue weighted by molar-refractivity contribution is 7.99. The van der Waals surface area contributed by atoms with Crippen LogP contribution >= 0.6 is 11.8 Å². The molecule has 8 atom stereocenters. The third-order valence-electron chi connectivity index (χ3n) is 12.4.